The maximum Gasteiger partial charge on any atom is 0.341 e. The molecule has 2 atom stereocenters. The molecule has 1 aliphatic heterocycles. The maximum absolute atomic E-state index is 12.8. The summed E-state index contributed by atoms with van der Waals surface area (Å²) in [4.78, 5) is 30.6. The first-order valence-corrected chi connectivity index (χ1v) is 8.79. The van der Waals surface area contributed by atoms with Gasteiger partial charge in [-0.2, -0.15) is 0 Å². The Bertz CT molecular complexity index is 676. The number of ether oxygens (including phenoxy) is 1. The van der Waals surface area contributed by atoms with Crippen molar-refractivity contribution in [2.45, 2.75) is 44.8 Å². The Kier molecular flexibility index (Phi) is 5.06. The molecule has 1 fully saturated rings. The Balaban J connectivity index is 1.84. The minimum atomic E-state index is -0.580. The molecule has 2 unspecified atom stereocenters. The van der Waals surface area contributed by atoms with Gasteiger partial charge in [-0.05, 0) is 50.3 Å². The largest absolute Gasteiger partial charge is 0.462 e. The summed E-state index contributed by atoms with van der Waals surface area (Å²) in [6, 6.07) is 6.96. The fourth-order valence-corrected chi connectivity index (χ4v) is 3.53. The van der Waals surface area contributed by atoms with Gasteiger partial charge in [0.1, 0.15) is 12.0 Å². The molecule has 0 bridgehead atoms. The molecule has 0 spiro atoms. The summed E-state index contributed by atoms with van der Waals surface area (Å²) in [5.41, 5.74) is 2.44. The molecule has 1 heterocycles. The lowest BCUT2D eigenvalue weighted by molar-refractivity contribution is -0.152. The highest BCUT2D eigenvalue weighted by Crippen LogP contribution is 2.31. The van der Waals surface area contributed by atoms with Crippen LogP contribution in [0.3, 0.4) is 0 Å². The Morgan fingerprint density at radius 1 is 1.20 bits per heavy atom. The van der Waals surface area contributed by atoms with Crippen LogP contribution >= 0.6 is 0 Å². The summed E-state index contributed by atoms with van der Waals surface area (Å²) in [5.74, 6) is -0.877. The number of urea groups is 1. The number of carbonyl (C=O) groups excluding carboxylic acids is 2. The van der Waals surface area contributed by atoms with Crippen molar-refractivity contribution in [2.24, 2.45) is 10.9 Å². The van der Waals surface area contributed by atoms with Gasteiger partial charge in [0.25, 0.3) is 0 Å². The summed E-state index contributed by atoms with van der Waals surface area (Å²) in [7, 11) is 3.94. The zero-order valence-electron chi connectivity index (χ0n) is 15.0. The van der Waals surface area contributed by atoms with Gasteiger partial charge in [-0.15, -0.1) is 0 Å². The zero-order valence-corrected chi connectivity index (χ0v) is 15.0. The standard InChI is InChI=1S/C19H25N3O3/c1-12-16(18(23)25-15-6-4-5-7-15)17(21-19(24)20-12)13-8-10-14(11-9-13)22(2)3/h8-11,15-17H,4-7H2,1-3H3,(H,21,24). The quantitative estimate of drug-likeness (QED) is 0.853. The third-order valence-electron chi connectivity index (χ3n) is 4.95. The van der Waals surface area contributed by atoms with Crippen molar-refractivity contribution in [1.82, 2.24) is 5.32 Å². The SMILES string of the molecule is CC1=NC(=O)NC(c2ccc(N(C)C)cc2)C1C(=O)OC1CCCC1. The molecule has 6 nitrogen and oxygen atoms in total. The fraction of sp³-hybridized carbons (Fsp3) is 0.526. The van der Waals surface area contributed by atoms with Gasteiger partial charge < -0.3 is 15.0 Å². The molecule has 3 rings (SSSR count). The summed E-state index contributed by atoms with van der Waals surface area (Å²) in [5, 5.41) is 2.83. The number of aliphatic imine (C=N–C) groups is 1. The molecule has 0 aromatic heterocycles. The highest BCUT2D eigenvalue weighted by Gasteiger charge is 2.39. The Morgan fingerprint density at radius 2 is 1.84 bits per heavy atom. The monoisotopic (exact) mass is 343 g/mol. The van der Waals surface area contributed by atoms with E-state index >= 15 is 0 Å². The molecule has 0 saturated heterocycles. The molecule has 1 N–H and O–H groups in total. The minimum Gasteiger partial charge on any atom is -0.462 e. The van der Waals surface area contributed by atoms with E-state index in [0.29, 0.717) is 5.71 Å². The van der Waals surface area contributed by atoms with Crippen LogP contribution in [-0.2, 0) is 9.53 Å². The lowest BCUT2D eigenvalue weighted by atomic mass is 9.88. The van der Waals surface area contributed by atoms with Crippen LogP contribution in [0.5, 0.6) is 0 Å². The van der Waals surface area contributed by atoms with Crippen LogP contribution in [-0.4, -0.2) is 37.9 Å². The van der Waals surface area contributed by atoms with Crippen LogP contribution in [0.25, 0.3) is 0 Å². The van der Waals surface area contributed by atoms with E-state index in [1.807, 2.05) is 43.3 Å². The van der Waals surface area contributed by atoms with Crippen molar-refractivity contribution < 1.29 is 14.3 Å². The number of benzene rings is 1. The van der Waals surface area contributed by atoms with Crippen molar-refractivity contribution in [3.63, 3.8) is 0 Å². The Labute approximate surface area is 148 Å². The highest BCUT2D eigenvalue weighted by atomic mass is 16.5. The molecule has 25 heavy (non-hydrogen) atoms. The second kappa shape index (κ2) is 7.25. The predicted molar refractivity (Wildman–Crippen MR) is 97.0 cm³/mol. The van der Waals surface area contributed by atoms with Gasteiger partial charge in [-0.25, -0.2) is 9.79 Å². The molecule has 2 aliphatic rings. The third-order valence-corrected chi connectivity index (χ3v) is 4.95. The molecule has 1 aromatic rings. The molecule has 1 aromatic carbocycles. The predicted octanol–water partition coefficient (Wildman–Crippen LogP) is 3.08. The molecule has 134 valence electrons. The number of nitrogens with zero attached hydrogens (tertiary/aromatic N) is 2. The second-order valence-corrected chi connectivity index (χ2v) is 6.99. The zero-order chi connectivity index (χ0) is 18.0. The van der Waals surface area contributed by atoms with Crippen LogP contribution in [0.4, 0.5) is 10.5 Å². The normalized spacial score (nSPS) is 23.8. The van der Waals surface area contributed by atoms with E-state index in [2.05, 4.69) is 10.3 Å². The topological polar surface area (TPSA) is 71.0 Å². The van der Waals surface area contributed by atoms with Gasteiger partial charge in [-0.1, -0.05) is 12.1 Å². The molecule has 6 heteroatoms. The van der Waals surface area contributed by atoms with Gasteiger partial charge in [0.2, 0.25) is 0 Å². The first-order valence-electron chi connectivity index (χ1n) is 8.79. The number of esters is 1. The first-order chi connectivity index (χ1) is 12.0. The van der Waals surface area contributed by atoms with Gasteiger partial charge in [0.05, 0.1) is 6.04 Å². The number of anilines is 1. The molecular weight excluding hydrogens is 318 g/mol. The number of hydrogen-bond acceptors (Lipinski definition) is 4. The van der Waals surface area contributed by atoms with E-state index in [4.69, 9.17) is 4.74 Å². The van der Waals surface area contributed by atoms with E-state index in [-0.39, 0.29) is 12.1 Å². The van der Waals surface area contributed by atoms with Crippen molar-refractivity contribution in [3.8, 4) is 0 Å². The van der Waals surface area contributed by atoms with E-state index in [1.165, 1.54) is 0 Å². The number of nitrogens with one attached hydrogen (secondary N) is 1. The average molecular weight is 343 g/mol. The van der Waals surface area contributed by atoms with E-state index in [1.54, 1.807) is 6.92 Å². The van der Waals surface area contributed by atoms with Gasteiger partial charge in [0.15, 0.2) is 0 Å². The maximum atomic E-state index is 12.8. The fourth-order valence-electron chi connectivity index (χ4n) is 3.53. The van der Waals surface area contributed by atoms with Crippen molar-refractivity contribution in [2.75, 3.05) is 19.0 Å². The summed E-state index contributed by atoms with van der Waals surface area (Å²) >= 11 is 0. The van der Waals surface area contributed by atoms with Crippen molar-refractivity contribution in [1.29, 1.82) is 0 Å². The van der Waals surface area contributed by atoms with Gasteiger partial charge in [-0.3, -0.25) is 4.79 Å². The van der Waals surface area contributed by atoms with Crippen LogP contribution < -0.4 is 10.2 Å². The molecule has 0 radical (unpaired) electrons. The van der Waals surface area contributed by atoms with Crippen molar-refractivity contribution in [3.05, 3.63) is 29.8 Å². The summed E-state index contributed by atoms with van der Waals surface area (Å²) in [6.45, 7) is 1.72. The second-order valence-electron chi connectivity index (χ2n) is 6.99. The van der Waals surface area contributed by atoms with Crippen LogP contribution in [0.2, 0.25) is 0 Å². The van der Waals surface area contributed by atoms with Crippen LogP contribution in [0, 0.1) is 5.92 Å². The molecule has 1 aliphatic carbocycles. The Morgan fingerprint density at radius 3 is 2.44 bits per heavy atom. The van der Waals surface area contributed by atoms with Gasteiger partial charge >= 0.3 is 12.0 Å². The average Bonchev–Trinajstić information content (AvgIpc) is 3.07. The third kappa shape index (κ3) is 3.83. The van der Waals surface area contributed by atoms with E-state index < -0.39 is 18.0 Å². The van der Waals surface area contributed by atoms with Crippen LogP contribution in [0.15, 0.2) is 29.3 Å². The number of hydrogen-bond donors (Lipinski definition) is 1. The molecule has 1 saturated carbocycles. The van der Waals surface area contributed by atoms with E-state index in [0.717, 1.165) is 36.9 Å². The molecule has 2 amide bonds. The number of carbonyl (C=O) groups is 2. The highest BCUT2D eigenvalue weighted by molar-refractivity contribution is 6.08. The van der Waals surface area contributed by atoms with Gasteiger partial charge in [0, 0.05) is 25.5 Å². The van der Waals surface area contributed by atoms with Crippen molar-refractivity contribution >= 4 is 23.4 Å². The number of rotatable bonds is 4. The smallest absolute Gasteiger partial charge is 0.341 e. The summed E-state index contributed by atoms with van der Waals surface area (Å²) in [6.07, 6.45) is 4.03. The number of amides is 2. The molecular formula is C19H25N3O3. The summed E-state index contributed by atoms with van der Waals surface area (Å²) < 4.78 is 5.69. The first kappa shape index (κ1) is 17.5. The van der Waals surface area contributed by atoms with Crippen LogP contribution in [0.1, 0.15) is 44.2 Å². The minimum absolute atomic E-state index is 0.00491. The lowest BCUT2D eigenvalue weighted by Gasteiger charge is -2.30. The van der Waals surface area contributed by atoms with E-state index in [9.17, 15) is 9.59 Å². The Hall–Kier alpha value is -2.37. The lowest BCUT2D eigenvalue weighted by Crippen LogP contribution is -2.44.